The van der Waals surface area contributed by atoms with Gasteiger partial charge in [0.25, 0.3) is 5.91 Å². The van der Waals surface area contributed by atoms with Gasteiger partial charge in [0.1, 0.15) is 5.69 Å². The summed E-state index contributed by atoms with van der Waals surface area (Å²) in [5, 5.41) is 3.40. The van der Waals surface area contributed by atoms with Crippen LogP contribution in [0, 0.1) is 12.3 Å². The van der Waals surface area contributed by atoms with Crippen LogP contribution in [-0.2, 0) is 0 Å². The normalized spacial score (nSPS) is 19.8. The van der Waals surface area contributed by atoms with Crippen molar-refractivity contribution >= 4 is 30.7 Å². The summed E-state index contributed by atoms with van der Waals surface area (Å²) in [6, 6.07) is 5.66. The Balaban J connectivity index is 0.00000110. The van der Waals surface area contributed by atoms with Crippen LogP contribution in [-0.4, -0.2) is 42.0 Å². The lowest BCUT2D eigenvalue weighted by molar-refractivity contribution is 0.0756. The molecule has 3 rings (SSSR count). The van der Waals surface area contributed by atoms with Crippen molar-refractivity contribution in [2.45, 2.75) is 26.2 Å². The minimum atomic E-state index is 0. The Kier molecular flexibility index (Phi) is 6.44. The number of hydrogen-bond donors (Lipinski definition) is 1. The maximum Gasteiger partial charge on any atom is 0.272 e. The lowest BCUT2D eigenvalue weighted by Crippen LogP contribution is -2.39. The first-order chi connectivity index (χ1) is 9.19. The third-order valence-electron chi connectivity index (χ3n) is 4.50. The van der Waals surface area contributed by atoms with Gasteiger partial charge in [-0.25, -0.2) is 4.98 Å². The molecular formula is C15H23Cl2N3O. The molecule has 1 amide bonds. The number of aromatic nitrogens is 1. The molecule has 1 spiro atoms. The Labute approximate surface area is 138 Å². The van der Waals surface area contributed by atoms with E-state index in [-0.39, 0.29) is 30.7 Å². The number of hydrogen-bond acceptors (Lipinski definition) is 3. The number of piperidine rings is 1. The zero-order valence-corrected chi connectivity index (χ0v) is 13.9. The molecule has 2 aliphatic heterocycles. The molecule has 2 saturated heterocycles. The number of carbonyl (C=O) groups excluding carboxylic acids is 1. The van der Waals surface area contributed by atoms with Gasteiger partial charge in [0.05, 0.1) is 0 Å². The standard InChI is InChI=1S/C15H21N3O.2ClH/c1-12-3-2-4-13(17-12)14(19)18-10-7-15(11-18)5-8-16-9-6-15;;/h2-4,16H,5-11H2,1H3;2*1H. The van der Waals surface area contributed by atoms with E-state index in [0.29, 0.717) is 11.1 Å². The van der Waals surface area contributed by atoms with E-state index in [4.69, 9.17) is 0 Å². The van der Waals surface area contributed by atoms with Gasteiger partial charge < -0.3 is 10.2 Å². The Hall–Kier alpha value is -0.840. The van der Waals surface area contributed by atoms with E-state index in [1.807, 2.05) is 30.0 Å². The highest BCUT2D eigenvalue weighted by molar-refractivity contribution is 5.92. The molecule has 2 aliphatic rings. The number of halogens is 2. The zero-order chi connectivity index (χ0) is 13.3. The average molecular weight is 332 g/mol. The van der Waals surface area contributed by atoms with E-state index in [0.717, 1.165) is 38.3 Å². The Bertz CT molecular complexity index is 490. The van der Waals surface area contributed by atoms with E-state index in [1.165, 1.54) is 12.8 Å². The van der Waals surface area contributed by atoms with Gasteiger partial charge in [-0.2, -0.15) is 0 Å². The summed E-state index contributed by atoms with van der Waals surface area (Å²) in [4.78, 5) is 18.8. The fourth-order valence-electron chi connectivity index (χ4n) is 3.30. The number of likely N-dealkylation sites (tertiary alicyclic amines) is 1. The summed E-state index contributed by atoms with van der Waals surface area (Å²) in [5.41, 5.74) is 1.86. The first kappa shape index (κ1) is 18.2. The molecule has 0 radical (unpaired) electrons. The van der Waals surface area contributed by atoms with Crippen molar-refractivity contribution in [2.24, 2.45) is 5.41 Å². The lowest BCUT2D eigenvalue weighted by Gasteiger charge is -2.33. The number of aryl methyl sites for hydroxylation is 1. The van der Waals surface area contributed by atoms with E-state index < -0.39 is 0 Å². The van der Waals surface area contributed by atoms with Crippen molar-refractivity contribution in [3.8, 4) is 0 Å². The number of nitrogens with zero attached hydrogens (tertiary/aromatic N) is 2. The predicted molar refractivity (Wildman–Crippen MR) is 88.5 cm³/mol. The van der Waals surface area contributed by atoms with Gasteiger partial charge >= 0.3 is 0 Å². The maximum absolute atomic E-state index is 12.5. The van der Waals surface area contributed by atoms with Gasteiger partial charge in [-0.05, 0) is 56.8 Å². The summed E-state index contributed by atoms with van der Waals surface area (Å²) in [6.45, 7) is 5.89. The average Bonchev–Trinajstić information content (AvgIpc) is 2.82. The molecule has 118 valence electrons. The van der Waals surface area contributed by atoms with Gasteiger partial charge in [-0.1, -0.05) is 6.07 Å². The van der Waals surface area contributed by atoms with Crippen LogP contribution in [0.15, 0.2) is 18.2 Å². The van der Waals surface area contributed by atoms with E-state index in [9.17, 15) is 4.79 Å². The maximum atomic E-state index is 12.5. The Morgan fingerprint density at radius 2 is 1.95 bits per heavy atom. The van der Waals surface area contributed by atoms with Crippen LogP contribution >= 0.6 is 24.8 Å². The highest BCUT2D eigenvalue weighted by atomic mass is 35.5. The highest BCUT2D eigenvalue weighted by Crippen LogP contribution is 2.38. The number of rotatable bonds is 1. The number of amides is 1. The van der Waals surface area contributed by atoms with Crippen molar-refractivity contribution < 1.29 is 4.79 Å². The monoisotopic (exact) mass is 331 g/mol. The van der Waals surface area contributed by atoms with Crippen LogP contribution in [0.1, 0.15) is 35.4 Å². The second-order valence-electron chi connectivity index (χ2n) is 5.89. The first-order valence-corrected chi connectivity index (χ1v) is 7.12. The molecule has 0 atom stereocenters. The highest BCUT2D eigenvalue weighted by Gasteiger charge is 2.40. The quantitative estimate of drug-likeness (QED) is 0.859. The van der Waals surface area contributed by atoms with Crippen molar-refractivity contribution in [3.63, 3.8) is 0 Å². The summed E-state index contributed by atoms with van der Waals surface area (Å²) in [6.07, 6.45) is 3.53. The molecule has 0 unspecified atom stereocenters. The smallest absolute Gasteiger partial charge is 0.272 e. The summed E-state index contributed by atoms with van der Waals surface area (Å²) in [5.74, 6) is 0.0964. The second kappa shape index (κ2) is 7.43. The van der Waals surface area contributed by atoms with E-state index >= 15 is 0 Å². The molecule has 4 nitrogen and oxygen atoms in total. The van der Waals surface area contributed by atoms with Crippen molar-refractivity contribution in [2.75, 3.05) is 26.2 Å². The van der Waals surface area contributed by atoms with Gasteiger partial charge in [0, 0.05) is 18.8 Å². The number of carbonyl (C=O) groups is 1. The number of pyridine rings is 1. The van der Waals surface area contributed by atoms with Crippen LogP contribution < -0.4 is 5.32 Å². The predicted octanol–water partition coefficient (Wildman–Crippen LogP) is 2.45. The second-order valence-corrected chi connectivity index (χ2v) is 5.89. The van der Waals surface area contributed by atoms with Crippen LogP contribution in [0.25, 0.3) is 0 Å². The molecule has 2 fully saturated rings. The van der Waals surface area contributed by atoms with Crippen LogP contribution in [0.4, 0.5) is 0 Å². The number of nitrogens with one attached hydrogen (secondary N) is 1. The van der Waals surface area contributed by atoms with Crippen LogP contribution in [0.2, 0.25) is 0 Å². The third kappa shape index (κ3) is 3.87. The lowest BCUT2D eigenvalue weighted by atomic mass is 9.78. The molecular weight excluding hydrogens is 309 g/mol. The minimum Gasteiger partial charge on any atom is -0.337 e. The summed E-state index contributed by atoms with van der Waals surface area (Å²) in [7, 11) is 0. The van der Waals surface area contributed by atoms with Gasteiger partial charge in [-0.3, -0.25) is 4.79 Å². The minimum absolute atomic E-state index is 0. The molecule has 1 aromatic rings. The molecule has 6 heteroatoms. The fraction of sp³-hybridized carbons (Fsp3) is 0.600. The molecule has 21 heavy (non-hydrogen) atoms. The van der Waals surface area contributed by atoms with Crippen molar-refractivity contribution in [1.82, 2.24) is 15.2 Å². The fourth-order valence-corrected chi connectivity index (χ4v) is 3.30. The largest absolute Gasteiger partial charge is 0.337 e. The molecule has 1 aromatic heterocycles. The van der Waals surface area contributed by atoms with Crippen molar-refractivity contribution in [1.29, 1.82) is 0 Å². The van der Waals surface area contributed by atoms with E-state index in [2.05, 4.69) is 10.3 Å². The SMILES string of the molecule is Cc1cccc(C(=O)N2CCC3(CCNCC3)C2)n1.Cl.Cl. The summed E-state index contributed by atoms with van der Waals surface area (Å²) >= 11 is 0. The topological polar surface area (TPSA) is 45.2 Å². The molecule has 3 heterocycles. The van der Waals surface area contributed by atoms with E-state index in [1.54, 1.807) is 0 Å². The molecule has 0 bridgehead atoms. The molecule has 0 aliphatic carbocycles. The summed E-state index contributed by atoms with van der Waals surface area (Å²) < 4.78 is 0. The van der Waals surface area contributed by atoms with Crippen molar-refractivity contribution in [3.05, 3.63) is 29.6 Å². The van der Waals surface area contributed by atoms with Crippen LogP contribution in [0.5, 0.6) is 0 Å². The van der Waals surface area contributed by atoms with Gasteiger partial charge in [0.2, 0.25) is 0 Å². The van der Waals surface area contributed by atoms with Gasteiger partial charge in [-0.15, -0.1) is 24.8 Å². The van der Waals surface area contributed by atoms with Gasteiger partial charge in [0.15, 0.2) is 0 Å². The van der Waals surface area contributed by atoms with Crippen LogP contribution in [0.3, 0.4) is 0 Å². The molecule has 1 N–H and O–H groups in total. The zero-order valence-electron chi connectivity index (χ0n) is 12.3. The molecule has 0 aromatic carbocycles. The molecule has 0 saturated carbocycles. The third-order valence-corrected chi connectivity index (χ3v) is 4.50. The Morgan fingerprint density at radius 3 is 2.62 bits per heavy atom. The first-order valence-electron chi connectivity index (χ1n) is 7.12. The Morgan fingerprint density at radius 1 is 1.24 bits per heavy atom.